The van der Waals surface area contributed by atoms with Crippen molar-refractivity contribution in [2.24, 2.45) is 5.14 Å². The number of nitrogens with zero attached hydrogens (tertiary/aromatic N) is 2. The Bertz CT molecular complexity index is 679. The Labute approximate surface area is 113 Å². The number of sulfonamides is 1. The predicted molar refractivity (Wildman–Crippen MR) is 73.6 cm³/mol. The van der Waals surface area contributed by atoms with Gasteiger partial charge < -0.3 is 0 Å². The Balaban J connectivity index is 2.48. The van der Waals surface area contributed by atoms with Gasteiger partial charge in [-0.05, 0) is 29.2 Å². The number of rotatable bonds is 2. The predicted octanol–water partition coefficient (Wildman–Crippen LogP) is 1.82. The Hall–Kier alpha value is -1.66. The monoisotopic (exact) mass is 279 g/mol. The molecule has 19 heavy (non-hydrogen) atoms. The minimum absolute atomic E-state index is 0.0176. The maximum atomic E-state index is 11.4. The lowest BCUT2D eigenvalue weighted by Crippen LogP contribution is -2.17. The molecule has 0 radical (unpaired) electrons. The third kappa shape index (κ3) is 2.85. The van der Waals surface area contributed by atoms with Crippen LogP contribution >= 0.6 is 0 Å². The van der Waals surface area contributed by atoms with Gasteiger partial charge in [-0.1, -0.05) is 32.9 Å². The van der Waals surface area contributed by atoms with Crippen molar-refractivity contribution in [3.05, 3.63) is 42.1 Å². The summed E-state index contributed by atoms with van der Waals surface area (Å²) in [5.74, 6) is 0. The quantitative estimate of drug-likeness (QED) is 0.910. The van der Waals surface area contributed by atoms with Crippen LogP contribution < -0.4 is 5.14 Å². The van der Waals surface area contributed by atoms with E-state index in [1.165, 1.54) is 22.5 Å². The summed E-state index contributed by atoms with van der Waals surface area (Å²) in [6.07, 6.45) is 1.41. The van der Waals surface area contributed by atoms with E-state index in [1.54, 1.807) is 0 Å². The highest BCUT2D eigenvalue weighted by Gasteiger charge is 2.17. The molecule has 1 aromatic heterocycles. The van der Waals surface area contributed by atoms with Crippen LogP contribution in [0.3, 0.4) is 0 Å². The van der Waals surface area contributed by atoms with Crippen LogP contribution in [0.2, 0.25) is 0 Å². The van der Waals surface area contributed by atoms with Crippen molar-refractivity contribution in [3.63, 3.8) is 0 Å². The van der Waals surface area contributed by atoms with Crippen LogP contribution in [0.5, 0.6) is 0 Å². The molecule has 0 aliphatic carbocycles. The topological polar surface area (TPSA) is 78.0 Å². The number of primary sulfonamides is 1. The molecule has 2 aromatic rings. The Morgan fingerprint density at radius 2 is 1.68 bits per heavy atom. The molecule has 5 nitrogen and oxygen atoms in total. The number of aromatic nitrogens is 2. The van der Waals surface area contributed by atoms with Crippen LogP contribution in [-0.2, 0) is 15.4 Å². The molecule has 1 aromatic carbocycles. The van der Waals surface area contributed by atoms with Gasteiger partial charge in [0.05, 0.1) is 11.9 Å². The molecule has 1 heterocycles. The Morgan fingerprint density at radius 1 is 1.11 bits per heavy atom. The first-order valence-electron chi connectivity index (χ1n) is 5.87. The lowest BCUT2D eigenvalue weighted by Gasteiger charge is -2.19. The molecule has 6 heteroatoms. The first-order chi connectivity index (χ1) is 8.69. The van der Waals surface area contributed by atoms with Gasteiger partial charge in [0.2, 0.25) is 0 Å². The van der Waals surface area contributed by atoms with Crippen LogP contribution in [0, 0.1) is 0 Å². The molecule has 0 saturated carbocycles. The third-order valence-corrected chi connectivity index (χ3v) is 3.77. The third-order valence-electron chi connectivity index (χ3n) is 2.88. The Morgan fingerprint density at radius 3 is 2.16 bits per heavy atom. The van der Waals surface area contributed by atoms with E-state index in [4.69, 9.17) is 5.14 Å². The molecule has 0 aliphatic rings. The van der Waals surface area contributed by atoms with Gasteiger partial charge in [0.15, 0.2) is 5.03 Å². The molecular formula is C13H17N3O2S. The van der Waals surface area contributed by atoms with Crippen molar-refractivity contribution < 1.29 is 8.42 Å². The van der Waals surface area contributed by atoms with Crippen molar-refractivity contribution in [2.75, 3.05) is 0 Å². The summed E-state index contributed by atoms with van der Waals surface area (Å²) in [5.41, 5.74) is 1.88. The highest BCUT2D eigenvalue weighted by atomic mass is 32.2. The van der Waals surface area contributed by atoms with Crippen molar-refractivity contribution in [1.82, 2.24) is 9.78 Å². The second-order valence-electron chi connectivity index (χ2n) is 5.42. The fourth-order valence-electron chi connectivity index (χ4n) is 1.80. The van der Waals surface area contributed by atoms with E-state index < -0.39 is 10.0 Å². The summed E-state index contributed by atoms with van der Waals surface area (Å²) in [6, 6.07) is 8.98. The minimum Gasteiger partial charge on any atom is -0.223 e. The van der Waals surface area contributed by atoms with E-state index in [0.29, 0.717) is 5.69 Å². The van der Waals surface area contributed by atoms with Gasteiger partial charge in [0.25, 0.3) is 10.0 Å². The number of hydrogen-bond acceptors (Lipinski definition) is 3. The van der Waals surface area contributed by atoms with Crippen LogP contribution in [0.15, 0.2) is 41.6 Å². The average Bonchev–Trinajstić information content (AvgIpc) is 2.76. The van der Waals surface area contributed by atoms with Crippen LogP contribution in [0.25, 0.3) is 5.69 Å². The van der Waals surface area contributed by atoms with Crippen molar-refractivity contribution >= 4 is 10.0 Å². The molecule has 102 valence electrons. The van der Waals surface area contributed by atoms with Gasteiger partial charge >= 0.3 is 0 Å². The van der Waals surface area contributed by atoms with E-state index >= 15 is 0 Å². The Kier molecular flexibility index (Phi) is 3.24. The zero-order chi connectivity index (χ0) is 14.3. The molecule has 0 atom stereocenters. The molecule has 0 unspecified atom stereocenters. The van der Waals surface area contributed by atoms with Gasteiger partial charge in [-0.25, -0.2) is 18.2 Å². The summed E-state index contributed by atoms with van der Waals surface area (Å²) in [4.78, 5) is 0. The van der Waals surface area contributed by atoms with E-state index in [1.807, 2.05) is 24.3 Å². The van der Waals surface area contributed by atoms with Gasteiger partial charge in [-0.15, -0.1) is 0 Å². The highest BCUT2D eigenvalue weighted by molar-refractivity contribution is 7.89. The van der Waals surface area contributed by atoms with E-state index in [0.717, 1.165) is 0 Å². The minimum atomic E-state index is -3.78. The van der Waals surface area contributed by atoms with Gasteiger partial charge in [0.1, 0.15) is 0 Å². The summed E-state index contributed by atoms with van der Waals surface area (Å²) in [5, 5.41) is 9.13. The lowest BCUT2D eigenvalue weighted by atomic mass is 9.87. The van der Waals surface area contributed by atoms with Gasteiger partial charge in [-0.3, -0.25) is 0 Å². The second-order valence-corrected chi connectivity index (χ2v) is 6.93. The van der Waals surface area contributed by atoms with Crippen molar-refractivity contribution in [3.8, 4) is 5.69 Å². The molecule has 0 spiro atoms. The van der Waals surface area contributed by atoms with Crippen molar-refractivity contribution in [2.45, 2.75) is 31.2 Å². The first-order valence-corrected chi connectivity index (χ1v) is 7.42. The normalized spacial score (nSPS) is 12.6. The summed E-state index contributed by atoms with van der Waals surface area (Å²) >= 11 is 0. The van der Waals surface area contributed by atoms with E-state index in [-0.39, 0.29) is 10.4 Å². The van der Waals surface area contributed by atoms with Crippen LogP contribution in [-0.4, -0.2) is 18.2 Å². The number of benzene rings is 1. The van der Waals surface area contributed by atoms with Crippen molar-refractivity contribution in [1.29, 1.82) is 0 Å². The summed E-state index contributed by atoms with van der Waals surface area (Å²) in [7, 11) is -3.78. The molecule has 0 saturated heterocycles. The smallest absolute Gasteiger partial charge is 0.223 e. The zero-order valence-electron chi connectivity index (χ0n) is 11.2. The van der Waals surface area contributed by atoms with Crippen LogP contribution in [0.1, 0.15) is 26.3 Å². The average molecular weight is 279 g/mol. The second kappa shape index (κ2) is 4.47. The fourth-order valence-corrected chi connectivity index (χ4v) is 2.45. The number of hydrogen-bond donors (Lipinski definition) is 1. The summed E-state index contributed by atoms with van der Waals surface area (Å²) < 4.78 is 24.2. The molecule has 2 rings (SSSR count). The van der Waals surface area contributed by atoms with E-state index in [9.17, 15) is 8.42 Å². The maximum absolute atomic E-state index is 11.4. The highest BCUT2D eigenvalue weighted by Crippen LogP contribution is 2.23. The standard InChI is InChI=1S/C13H17N3O2S/c1-13(2,3)10-4-6-11(7-5-10)16-12(8-9-15-16)19(14,17)18/h4-9H,1-3H3,(H2,14,17,18). The first kappa shape index (κ1) is 13.8. The maximum Gasteiger partial charge on any atom is 0.255 e. The van der Waals surface area contributed by atoms with Gasteiger partial charge in [0, 0.05) is 0 Å². The largest absolute Gasteiger partial charge is 0.255 e. The molecule has 2 N–H and O–H groups in total. The van der Waals surface area contributed by atoms with Crippen LogP contribution in [0.4, 0.5) is 0 Å². The molecule has 0 aliphatic heterocycles. The summed E-state index contributed by atoms with van der Waals surface area (Å²) in [6.45, 7) is 6.35. The fraction of sp³-hybridized carbons (Fsp3) is 0.308. The molecule has 0 fully saturated rings. The molecular weight excluding hydrogens is 262 g/mol. The zero-order valence-corrected chi connectivity index (χ0v) is 12.0. The number of nitrogens with two attached hydrogens (primary N) is 1. The molecule has 0 amide bonds. The molecule has 0 bridgehead atoms. The SMILES string of the molecule is CC(C)(C)c1ccc(-n2nccc2S(N)(=O)=O)cc1. The lowest BCUT2D eigenvalue weighted by molar-refractivity contribution is 0.585. The van der Waals surface area contributed by atoms with Gasteiger partial charge in [-0.2, -0.15) is 5.10 Å². The van der Waals surface area contributed by atoms with E-state index in [2.05, 4.69) is 25.9 Å².